The summed E-state index contributed by atoms with van der Waals surface area (Å²) in [5.41, 5.74) is 1.11. The molecule has 0 unspecified atom stereocenters. The predicted molar refractivity (Wildman–Crippen MR) is 79.8 cm³/mol. The smallest absolute Gasteiger partial charge is 0.185 e. The van der Waals surface area contributed by atoms with E-state index in [1.165, 1.54) is 4.88 Å². The van der Waals surface area contributed by atoms with Crippen molar-refractivity contribution in [1.82, 2.24) is 10.3 Å². The molecular weight excluding hydrogens is 258 g/mol. The van der Waals surface area contributed by atoms with E-state index >= 15 is 0 Å². The zero-order valence-electron chi connectivity index (χ0n) is 12.0. The van der Waals surface area contributed by atoms with Crippen LogP contribution in [0.2, 0.25) is 0 Å². The zero-order chi connectivity index (χ0) is 13.8. The van der Waals surface area contributed by atoms with Gasteiger partial charge in [0.2, 0.25) is 0 Å². The maximum Gasteiger partial charge on any atom is 0.185 e. The van der Waals surface area contributed by atoms with Crippen molar-refractivity contribution in [2.75, 3.05) is 18.5 Å². The monoisotopic (exact) mass is 279 g/mol. The van der Waals surface area contributed by atoms with Crippen LogP contribution in [0, 0.1) is 13.8 Å². The number of nitrogens with zero attached hydrogens (tertiary/aromatic N) is 2. The second-order valence-corrected chi connectivity index (χ2v) is 5.72. The number of furan rings is 1. The van der Waals surface area contributed by atoms with Gasteiger partial charge in [0.25, 0.3) is 0 Å². The molecule has 0 bridgehead atoms. The topological polar surface area (TPSA) is 41.3 Å². The third-order valence-electron chi connectivity index (χ3n) is 2.93. The highest BCUT2D eigenvalue weighted by atomic mass is 32.1. The molecule has 2 aromatic rings. The highest BCUT2D eigenvalue weighted by molar-refractivity contribution is 7.15. The Hall–Kier alpha value is -1.33. The molecule has 0 saturated carbocycles. The number of nitrogens with one attached hydrogen (secondary N) is 1. The van der Waals surface area contributed by atoms with Gasteiger partial charge in [0.1, 0.15) is 11.5 Å². The highest BCUT2D eigenvalue weighted by Gasteiger charge is 2.12. The molecule has 0 atom stereocenters. The minimum absolute atomic E-state index is 0.751. The first kappa shape index (κ1) is 14.1. The van der Waals surface area contributed by atoms with Crippen LogP contribution in [0.5, 0.6) is 0 Å². The molecule has 0 spiro atoms. The molecule has 0 aliphatic heterocycles. The standard InChI is InChI=1S/C14H21N3OS/c1-5-15-8-13-11(3)16-14(19-13)17(4)9-12-7-6-10(2)18-12/h6-7,15H,5,8-9H2,1-4H3. The van der Waals surface area contributed by atoms with Gasteiger partial charge in [-0.05, 0) is 32.5 Å². The van der Waals surface area contributed by atoms with Gasteiger partial charge in [-0.1, -0.05) is 6.92 Å². The van der Waals surface area contributed by atoms with Gasteiger partial charge in [-0.25, -0.2) is 4.98 Å². The fraction of sp³-hybridized carbons (Fsp3) is 0.500. The number of anilines is 1. The van der Waals surface area contributed by atoms with E-state index in [2.05, 4.69) is 29.0 Å². The average Bonchev–Trinajstić information content (AvgIpc) is 2.93. The van der Waals surface area contributed by atoms with E-state index in [9.17, 15) is 0 Å². The SMILES string of the molecule is CCNCc1sc(N(C)Cc2ccc(C)o2)nc1C. The van der Waals surface area contributed by atoms with Crippen LogP contribution in [0.1, 0.15) is 29.0 Å². The van der Waals surface area contributed by atoms with Crippen LogP contribution in [-0.4, -0.2) is 18.6 Å². The van der Waals surface area contributed by atoms with Crippen LogP contribution in [0.4, 0.5) is 5.13 Å². The van der Waals surface area contributed by atoms with Crippen LogP contribution in [-0.2, 0) is 13.1 Å². The van der Waals surface area contributed by atoms with E-state index in [1.54, 1.807) is 11.3 Å². The van der Waals surface area contributed by atoms with Crippen molar-refractivity contribution in [3.8, 4) is 0 Å². The number of thiazole rings is 1. The van der Waals surface area contributed by atoms with Crippen LogP contribution in [0.3, 0.4) is 0 Å². The fourth-order valence-electron chi connectivity index (χ4n) is 1.85. The van der Waals surface area contributed by atoms with Crippen molar-refractivity contribution in [3.05, 3.63) is 34.2 Å². The summed E-state index contributed by atoms with van der Waals surface area (Å²) in [7, 11) is 2.05. The number of aryl methyl sites for hydroxylation is 2. The average molecular weight is 279 g/mol. The Morgan fingerprint density at radius 1 is 1.37 bits per heavy atom. The molecule has 0 radical (unpaired) electrons. The van der Waals surface area contributed by atoms with Gasteiger partial charge in [-0.2, -0.15) is 0 Å². The Kier molecular flexibility index (Phi) is 4.61. The largest absolute Gasteiger partial charge is 0.464 e. The fourth-order valence-corrected chi connectivity index (χ4v) is 2.84. The number of hydrogen-bond donors (Lipinski definition) is 1. The third kappa shape index (κ3) is 3.58. The van der Waals surface area contributed by atoms with E-state index in [-0.39, 0.29) is 0 Å². The molecule has 5 heteroatoms. The maximum atomic E-state index is 5.60. The zero-order valence-corrected chi connectivity index (χ0v) is 12.8. The van der Waals surface area contributed by atoms with Crippen molar-refractivity contribution < 1.29 is 4.42 Å². The summed E-state index contributed by atoms with van der Waals surface area (Å²) in [6.07, 6.45) is 0. The van der Waals surface area contributed by atoms with Gasteiger partial charge in [0, 0.05) is 18.5 Å². The van der Waals surface area contributed by atoms with Crippen LogP contribution in [0.25, 0.3) is 0 Å². The Balaban J connectivity index is 2.04. The molecule has 2 heterocycles. The molecule has 104 valence electrons. The quantitative estimate of drug-likeness (QED) is 0.882. The lowest BCUT2D eigenvalue weighted by Crippen LogP contribution is -2.15. The van der Waals surface area contributed by atoms with E-state index in [0.717, 1.165) is 42.0 Å². The van der Waals surface area contributed by atoms with Crippen LogP contribution in [0.15, 0.2) is 16.5 Å². The molecule has 0 aliphatic rings. The van der Waals surface area contributed by atoms with Gasteiger partial charge in [-0.15, -0.1) is 11.3 Å². The first-order valence-electron chi connectivity index (χ1n) is 6.53. The molecule has 19 heavy (non-hydrogen) atoms. The van der Waals surface area contributed by atoms with E-state index in [4.69, 9.17) is 4.42 Å². The first-order chi connectivity index (χ1) is 9.10. The van der Waals surface area contributed by atoms with Gasteiger partial charge in [0.15, 0.2) is 5.13 Å². The number of aromatic nitrogens is 1. The molecule has 0 saturated heterocycles. The van der Waals surface area contributed by atoms with Gasteiger partial charge < -0.3 is 14.6 Å². The van der Waals surface area contributed by atoms with Crippen LogP contribution < -0.4 is 10.2 Å². The van der Waals surface area contributed by atoms with E-state index in [0.29, 0.717) is 0 Å². The predicted octanol–water partition coefficient (Wildman–Crippen LogP) is 3.10. The molecule has 1 N–H and O–H groups in total. The van der Waals surface area contributed by atoms with E-state index < -0.39 is 0 Å². The third-order valence-corrected chi connectivity index (χ3v) is 4.20. The van der Waals surface area contributed by atoms with Crippen molar-refractivity contribution in [1.29, 1.82) is 0 Å². The van der Waals surface area contributed by atoms with Gasteiger partial charge in [0.05, 0.1) is 12.2 Å². The Labute approximate surface area is 118 Å². The maximum absolute atomic E-state index is 5.60. The lowest BCUT2D eigenvalue weighted by atomic mass is 10.4. The molecule has 2 aromatic heterocycles. The van der Waals surface area contributed by atoms with E-state index in [1.807, 2.05) is 26.1 Å². The summed E-state index contributed by atoms with van der Waals surface area (Å²) in [6.45, 7) is 8.77. The van der Waals surface area contributed by atoms with Gasteiger partial charge in [-0.3, -0.25) is 0 Å². The molecule has 0 amide bonds. The molecule has 0 aromatic carbocycles. The second kappa shape index (κ2) is 6.21. The molecular formula is C14H21N3OS. The van der Waals surface area contributed by atoms with Crippen molar-refractivity contribution in [2.45, 2.75) is 33.9 Å². The normalized spacial score (nSPS) is 10.9. The minimum atomic E-state index is 0.751. The molecule has 4 nitrogen and oxygen atoms in total. The molecule has 0 fully saturated rings. The Morgan fingerprint density at radius 3 is 2.79 bits per heavy atom. The molecule has 0 aliphatic carbocycles. The van der Waals surface area contributed by atoms with Crippen molar-refractivity contribution in [2.24, 2.45) is 0 Å². The van der Waals surface area contributed by atoms with Crippen molar-refractivity contribution >= 4 is 16.5 Å². The molecule has 2 rings (SSSR count). The summed E-state index contributed by atoms with van der Waals surface area (Å²) in [5, 5.41) is 4.39. The first-order valence-corrected chi connectivity index (χ1v) is 7.35. The number of rotatable bonds is 6. The minimum Gasteiger partial charge on any atom is -0.464 e. The second-order valence-electron chi connectivity index (χ2n) is 4.65. The van der Waals surface area contributed by atoms with Crippen molar-refractivity contribution in [3.63, 3.8) is 0 Å². The summed E-state index contributed by atoms with van der Waals surface area (Å²) < 4.78 is 5.60. The summed E-state index contributed by atoms with van der Waals surface area (Å²) in [6, 6.07) is 4.01. The summed E-state index contributed by atoms with van der Waals surface area (Å²) in [5.74, 6) is 1.92. The lowest BCUT2D eigenvalue weighted by Gasteiger charge is -2.13. The highest BCUT2D eigenvalue weighted by Crippen LogP contribution is 2.26. The van der Waals surface area contributed by atoms with Gasteiger partial charge >= 0.3 is 0 Å². The summed E-state index contributed by atoms with van der Waals surface area (Å²) >= 11 is 1.74. The lowest BCUT2D eigenvalue weighted by molar-refractivity contribution is 0.481. The number of hydrogen-bond acceptors (Lipinski definition) is 5. The summed E-state index contributed by atoms with van der Waals surface area (Å²) in [4.78, 5) is 8.06. The Bertz CT molecular complexity index is 533. The van der Waals surface area contributed by atoms with Crippen LogP contribution >= 0.6 is 11.3 Å². The Morgan fingerprint density at radius 2 is 2.16 bits per heavy atom.